The Balaban J connectivity index is 1.71. The van der Waals surface area contributed by atoms with Crippen molar-refractivity contribution in [2.24, 2.45) is 5.92 Å². The van der Waals surface area contributed by atoms with Crippen molar-refractivity contribution in [1.29, 1.82) is 0 Å². The van der Waals surface area contributed by atoms with Gasteiger partial charge in [-0.2, -0.15) is 0 Å². The van der Waals surface area contributed by atoms with Crippen LogP contribution in [0, 0.1) is 5.92 Å². The van der Waals surface area contributed by atoms with Gasteiger partial charge in [-0.05, 0) is 38.6 Å². The van der Waals surface area contributed by atoms with E-state index in [1.54, 1.807) is 6.20 Å². The number of sulfonamides is 1. The van der Waals surface area contributed by atoms with Crippen LogP contribution in [0.15, 0.2) is 12.5 Å². The van der Waals surface area contributed by atoms with Crippen LogP contribution in [0.25, 0.3) is 11.0 Å². The van der Waals surface area contributed by atoms with Crippen LogP contribution in [0.3, 0.4) is 0 Å². The molecule has 0 saturated heterocycles. The predicted molar refractivity (Wildman–Crippen MR) is 95.9 cm³/mol. The van der Waals surface area contributed by atoms with Gasteiger partial charge in [-0.1, -0.05) is 11.6 Å². The number of nitrogens with zero attached hydrogens (tertiary/aromatic N) is 3. The first-order chi connectivity index (χ1) is 11.4. The summed E-state index contributed by atoms with van der Waals surface area (Å²) in [5.41, 5.74) is 0.727. The van der Waals surface area contributed by atoms with E-state index in [-0.39, 0.29) is 11.7 Å². The van der Waals surface area contributed by atoms with Gasteiger partial charge in [0.05, 0.1) is 16.2 Å². The Morgan fingerprint density at radius 2 is 2.04 bits per heavy atom. The van der Waals surface area contributed by atoms with Gasteiger partial charge in [-0.25, -0.2) is 23.1 Å². The highest BCUT2D eigenvalue weighted by Crippen LogP contribution is 2.34. The van der Waals surface area contributed by atoms with Crippen molar-refractivity contribution in [3.05, 3.63) is 17.5 Å². The summed E-state index contributed by atoms with van der Waals surface area (Å²) in [4.78, 5) is 13.8. The molecule has 0 atom stereocenters. The highest BCUT2D eigenvalue weighted by Gasteiger charge is 2.28. The van der Waals surface area contributed by atoms with Gasteiger partial charge < -0.3 is 9.88 Å². The van der Waals surface area contributed by atoms with Gasteiger partial charge in [-0.15, -0.1) is 0 Å². The van der Waals surface area contributed by atoms with E-state index in [0.717, 1.165) is 42.5 Å². The fourth-order valence-corrected chi connectivity index (χ4v) is 4.79. The van der Waals surface area contributed by atoms with Crippen molar-refractivity contribution < 1.29 is 8.42 Å². The summed E-state index contributed by atoms with van der Waals surface area (Å²) in [6, 6.07) is 0.322. The average Bonchev–Trinajstić information content (AvgIpc) is 2.96. The molecule has 3 rings (SSSR count). The number of nitrogens with one attached hydrogen (secondary N) is 2. The van der Waals surface area contributed by atoms with Gasteiger partial charge >= 0.3 is 0 Å². The lowest BCUT2D eigenvalue weighted by Gasteiger charge is -2.35. The quantitative estimate of drug-likeness (QED) is 0.840. The number of hydrogen-bond donors (Lipinski definition) is 2. The van der Waals surface area contributed by atoms with Gasteiger partial charge in [-0.3, -0.25) is 0 Å². The van der Waals surface area contributed by atoms with Crippen molar-refractivity contribution in [3.8, 4) is 0 Å². The molecule has 0 spiro atoms. The largest absolute Gasteiger partial charge is 0.356 e. The number of anilines is 1. The first-order valence-electron chi connectivity index (χ1n) is 8.03. The molecule has 132 valence electrons. The molecular formula is C15H22ClN5O2S. The molecule has 1 fully saturated rings. The second-order valence-corrected chi connectivity index (χ2v) is 8.71. The maximum Gasteiger partial charge on any atom is 0.211 e. The molecule has 7 nitrogen and oxygen atoms in total. The van der Waals surface area contributed by atoms with Crippen molar-refractivity contribution in [1.82, 2.24) is 19.7 Å². The fourth-order valence-electron chi connectivity index (χ4n) is 3.44. The summed E-state index contributed by atoms with van der Waals surface area (Å²) >= 11 is 6.26. The summed E-state index contributed by atoms with van der Waals surface area (Å²) in [6.07, 6.45) is 6.92. The number of hydrogen-bond acceptors (Lipinski definition) is 5. The van der Waals surface area contributed by atoms with E-state index >= 15 is 0 Å². The first kappa shape index (κ1) is 17.4. The number of aromatic nitrogens is 3. The summed E-state index contributed by atoms with van der Waals surface area (Å²) in [5.74, 6) is 1.24. The molecule has 0 aromatic carbocycles. The standard InChI is InChI=1S/C15H22ClN5O2S/c1-17-24(22,23)8-10-3-5-11(6-4-10)21(2)15-13-12(16)7-18-14(13)19-9-20-15/h7,9-11,17H,3-6,8H2,1-2H3,(H,18,19,20). The third-order valence-corrected chi connectivity index (χ3v) is 6.70. The van der Waals surface area contributed by atoms with E-state index in [0.29, 0.717) is 11.1 Å². The average molecular weight is 372 g/mol. The van der Waals surface area contributed by atoms with Crippen molar-refractivity contribution in [2.75, 3.05) is 24.7 Å². The molecule has 0 aliphatic heterocycles. The number of aromatic amines is 1. The van der Waals surface area contributed by atoms with Crippen LogP contribution in [-0.4, -0.2) is 49.3 Å². The van der Waals surface area contributed by atoms with Gasteiger partial charge in [0.1, 0.15) is 17.8 Å². The monoisotopic (exact) mass is 371 g/mol. The molecule has 1 aliphatic rings. The Labute approximate surface area is 146 Å². The third kappa shape index (κ3) is 3.50. The summed E-state index contributed by atoms with van der Waals surface area (Å²) in [7, 11) is 0.341. The minimum Gasteiger partial charge on any atom is -0.356 e. The van der Waals surface area contributed by atoms with Crippen molar-refractivity contribution in [2.45, 2.75) is 31.7 Å². The molecule has 0 radical (unpaired) electrons. The SMILES string of the molecule is CNS(=O)(=O)CC1CCC(N(C)c2ncnc3[nH]cc(Cl)c23)CC1. The zero-order valence-electron chi connectivity index (χ0n) is 13.8. The normalized spacial score (nSPS) is 22.0. The second-order valence-electron chi connectivity index (χ2n) is 6.33. The molecule has 2 aromatic heterocycles. The minimum atomic E-state index is -3.14. The molecule has 0 unspecified atom stereocenters. The van der Waals surface area contributed by atoms with Crippen LogP contribution < -0.4 is 9.62 Å². The van der Waals surface area contributed by atoms with Crippen LogP contribution in [0.5, 0.6) is 0 Å². The molecular weight excluding hydrogens is 350 g/mol. The van der Waals surface area contributed by atoms with E-state index in [1.165, 1.54) is 13.4 Å². The minimum absolute atomic E-state index is 0.210. The molecule has 2 aromatic rings. The lowest BCUT2D eigenvalue weighted by Crippen LogP contribution is -2.38. The van der Waals surface area contributed by atoms with Crippen LogP contribution in [0.2, 0.25) is 5.02 Å². The zero-order chi connectivity index (χ0) is 17.3. The van der Waals surface area contributed by atoms with E-state index in [2.05, 4.69) is 24.6 Å². The molecule has 2 heterocycles. The topological polar surface area (TPSA) is 91.0 Å². The second kappa shape index (κ2) is 6.85. The number of H-pyrrole nitrogens is 1. The van der Waals surface area contributed by atoms with E-state index < -0.39 is 10.0 Å². The van der Waals surface area contributed by atoms with Gasteiger partial charge in [0.15, 0.2) is 0 Å². The highest BCUT2D eigenvalue weighted by atomic mass is 35.5. The molecule has 9 heteroatoms. The lowest BCUT2D eigenvalue weighted by molar-refractivity contribution is 0.340. The summed E-state index contributed by atoms with van der Waals surface area (Å²) < 4.78 is 25.8. The highest BCUT2D eigenvalue weighted by molar-refractivity contribution is 7.89. The van der Waals surface area contributed by atoms with Crippen LogP contribution >= 0.6 is 11.6 Å². The van der Waals surface area contributed by atoms with Gasteiger partial charge in [0.2, 0.25) is 10.0 Å². The maximum absolute atomic E-state index is 11.7. The smallest absolute Gasteiger partial charge is 0.211 e. The lowest BCUT2D eigenvalue weighted by atomic mass is 9.86. The molecule has 0 bridgehead atoms. The number of fused-ring (bicyclic) bond motifs is 1. The van der Waals surface area contributed by atoms with Crippen molar-refractivity contribution >= 4 is 38.5 Å². The third-order valence-electron chi connectivity index (χ3n) is 4.87. The van der Waals surface area contributed by atoms with Crippen LogP contribution in [0.4, 0.5) is 5.82 Å². The van der Waals surface area contributed by atoms with Crippen molar-refractivity contribution in [3.63, 3.8) is 0 Å². The Kier molecular flexibility index (Phi) is 4.98. The molecule has 0 amide bonds. The summed E-state index contributed by atoms with van der Waals surface area (Å²) in [5, 5.41) is 1.45. The Hall–Kier alpha value is -1.38. The Morgan fingerprint density at radius 3 is 2.71 bits per heavy atom. The number of halogens is 1. The predicted octanol–water partition coefficient (Wildman–Crippen LogP) is 2.16. The Bertz CT molecular complexity index is 814. The van der Waals surface area contributed by atoms with Crippen LogP contribution in [0.1, 0.15) is 25.7 Å². The zero-order valence-corrected chi connectivity index (χ0v) is 15.4. The first-order valence-corrected chi connectivity index (χ1v) is 10.1. The molecule has 2 N–H and O–H groups in total. The van der Waals surface area contributed by atoms with Gasteiger partial charge in [0.25, 0.3) is 0 Å². The molecule has 1 saturated carbocycles. The Morgan fingerprint density at radius 1 is 1.33 bits per heavy atom. The van der Waals surface area contributed by atoms with E-state index in [1.807, 2.05) is 7.05 Å². The van der Waals surface area contributed by atoms with E-state index in [9.17, 15) is 8.42 Å². The maximum atomic E-state index is 11.7. The number of rotatable bonds is 5. The summed E-state index contributed by atoms with van der Waals surface area (Å²) in [6.45, 7) is 0. The molecule has 1 aliphatic carbocycles. The van der Waals surface area contributed by atoms with E-state index in [4.69, 9.17) is 11.6 Å². The van der Waals surface area contributed by atoms with Gasteiger partial charge in [0, 0.05) is 19.3 Å². The molecule has 24 heavy (non-hydrogen) atoms. The fraction of sp³-hybridized carbons (Fsp3) is 0.600. The van der Waals surface area contributed by atoms with Crippen LogP contribution in [-0.2, 0) is 10.0 Å².